The van der Waals surface area contributed by atoms with Gasteiger partial charge in [-0.1, -0.05) is 19.1 Å². The van der Waals surface area contributed by atoms with E-state index < -0.39 is 0 Å². The van der Waals surface area contributed by atoms with Gasteiger partial charge in [-0.2, -0.15) is 0 Å². The third kappa shape index (κ3) is 9.96. The van der Waals surface area contributed by atoms with Crippen molar-refractivity contribution >= 4 is 29.9 Å². The van der Waals surface area contributed by atoms with Gasteiger partial charge in [0.25, 0.3) is 0 Å². The Bertz CT molecular complexity index is 719. The van der Waals surface area contributed by atoms with Crippen molar-refractivity contribution in [2.24, 2.45) is 16.8 Å². The molecule has 0 bridgehead atoms. The molecule has 188 valence electrons. The monoisotopic (exact) mass is 573 g/mol. The average molecular weight is 574 g/mol. The van der Waals surface area contributed by atoms with Crippen LogP contribution in [0.3, 0.4) is 0 Å². The molecule has 0 aliphatic carbocycles. The molecule has 8 heteroatoms. The number of aliphatic imine (C=N–C) groups is 1. The fourth-order valence-corrected chi connectivity index (χ4v) is 4.16. The van der Waals surface area contributed by atoms with E-state index in [9.17, 15) is 0 Å². The molecular formula is C25H44IN5O2. The number of halogens is 1. The second kappa shape index (κ2) is 15.0. The molecule has 2 aliphatic heterocycles. The fourth-order valence-electron chi connectivity index (χ4n) is 4.16. The molecule has 0 saturated carbocycles. The summed E-state index contributed by atoms with van der Waals surface area (Å²) in [5, 5.41) is 6.93. The van der Waals surface area contributed by atoms with Crippen molar-refractivity contribution in [3.63, 3.8) is 0 Å². The largest absolute Gasteiger partial charge is 0.493 e. The highest BCUT2D eigenvalue weighted by atomic mass is 127. The quantitative estimate of drug-likeness (QED) is 0.255. The first-order valence-corrected chi connectivity index (χ1v) is 12.3. The maximum atomic E-state index is 6.19. The smallest absolute Gasteiger partial charge is 0.191 e. The minimum absolute atomic E-state index is 0. The Morgan fingerprint density at radius 1 is 1.24 bits per heavy atom. The Morgan fingerprint density at radius 3 is 2.73 bits per heavy atom. The number of rotatable bonds is 10. The summed E-state index contributed by atoms with van der Waals surface area (Å²) in [6.07, 6.45) is 1.08. The number of hydrogen-bond acceptors (Lipinski definition) is 5. The summed E-state index contributed by atoms with van der Waals surface area (Å²) in [7, 11) is 2.20. The van der Waals surface area contributed by atoms with E-state index >= 15 is 0 Å². The summed E-state index contributed by atoms with van der Waals surface area (Å²) in [4.78, 5) is 9.83. The van der Waals surface area contributed by atoms with Crippen molar-refractivity contribution in [3.05, 3.63) is 29.3 Å². The third-order valence-electron chi connectivity index (χ3n) is 6.26. The molecule has 7 nitrogen and oxygen atoms in total. The standard InChI is InChI=1S/C25H43N5O2.HI/c1-5-26-25(27-15-21(3)17-30-11-9-29(4)10-12-30)28-16-23-7-6-20(2)14-24(23)32-19-22-8-13-31-18-22;/h6-7,14,21-22H,5,8-13,15-19H2,1-4H3,(H2,26,27,28);1H. The lowest BCUT2D eigenvalue weighted by Gasteiger charge is -2.34. The molecule has 2 aliphatic rings. The van der Waals surface area contributed by atoms with E-state index in [4.69, 9.17) is 14.5 Å². The number of nitrogens with zero attached hydrogens (tertiary/aromatic N) is 3. The number of benzene rings is 1. The van der Waals surface area contributed by atoms with Gasteiger partial charge in [-0.25, -0.2) is 4.99 Å². The van der Waals surface area contributed by atoms with Crippen LogP contribution in [0.1, 0.15) is 31.4 Å². The van der Waals surface area contributed by atoms with Crippen LogP contribution in [-0.2, 0) is 11.3 Å². The van der Waals surface area contributed by atoms with Crippen molar-refractivity contribution < 1.29 is 9.47 Å². The molecule has 33 heavy (non-hydrogen) atoms. The summed E-state index contributed by atoms with van der Waals surface area (Å²) in [6, 6.07) is 6.40. The third-order valence-corrected chi connectivity index (χ3v) is 6.26. The minimum atomic E-state index is 0. The highest BCUT2D eigenvalue weighted by molar-refractivity contribution is 14.0. The van der Waals surface area contributed by atoms with Gasteiger partial charge < -0.3 is 29.9 Å². The van der Waals surface area contributed by atoms with Gasteiger partial charge in [0.1, 0.15) is 5.75 Å². The lowest BCUT2D eigenvalue weighted by atomic mass is 10.1. The Labute approximate surface area is 217 Å². The molecule has 2 fully saturated rings. The lowest BCUT2D eigenvalue weighted by molar-refractivity contribution is 0.139. The van der Waals surface area contributed by atoms with Gasteiger partial charge in [0, 0.05) is 63.9 Å². The van der Waals surface area contributed by atoms with Crippen molar-refractivity contribution in [1.82, 2.24) is 20.4 Å². The Kier molecular flexibility index (Phi) is 12.8. The average Bonchev–Trinajstić information content (AvgIpc) is 3.30. The summed E-state index contributed by atoms with van der Waals surface area (Å²) >= 11 is 0. The maximum absolute atomic E-state index is 6.19. The van der Waals surface area contributed by atoms with E-state index in [0.717, 1.165) is 69.6 Å². The Morgan fingerprint density at radius 2 is 2.03 bits per heavy atom. The highest BCUT2D eigenvalue weighted by Gasteiger charge is 2.18. The molecule has 0 aromatic heterocycles. The number of nitrogens with one attached hydrogen (secondary N) is 2. The molecule has 2 unspecified atom stereocenters. The van der Waals surface area contributed by atoms with Crippen LogP contribution in [0.15, 0.2) is 23.2 Å². The van der Waals surface area contributed by atoms with E-state index in [1.54, 1.807) is 0 Å². The van der Waals surface area contributed by atoms with E-state index in [1.807, 2.05) is 0 Å². The lowest BCUT2D eigenvalue weighted by Crippen LogP contribution is -2.47. The summed E-state index contributed by atoms with van der Waals surface area (Å²) in [5.41, 5.74) is 2.33. The second-order valence-corrected chi connectivity index (χ2v) is 9.44. The van der Waals surface area contributed by atoms with Crippen molar-refractivity contribution in [2.45, 2.75) is 33.7 Å². The molecule has 0 radical (unpaired) electrons. The van der Waals surface area contributed by atoms with Crippen LogP contribution in [0.5, 0.6) is 5.75 Å². The van der Waals surface area contributed by atoms with E-state index in [-0.39, 0.29) is 24.0 Å². The molecular weight excluding hydrogens is 529 g/mol. The van der Waals surface area contributed by atoms with Gasteiger partial charge >= 0.3 is 0 Å². The van der Waals surface area contributed by atoms with Gasteiger partial charge in [0.15, 0.2) is 5.96 Å². The van der Waals surface area contributed by atoms with Crippen LogP contribution in [0, 0.1) is 18.8 Å². The van der Waals surface area contributed by atoms with Gasteiger partial charge in [0.2, 0.25) is 0 Å². The van der Waals surface area contributed by atoms with Crippen molar-refractivity contribution in [2.75, 3.05) is 72.7 Å². The number of likely N-dealkylation sites (N-methyl/N-ethyl adjacent to an activating group) is 1. The van der Waals surface area contributed by atoms with Crippen LogP contribution < -0.4 is 15.4 Å². The van der Waals surface area contributed by atoms with Gasteiger partial charge in [-0.15, -0.1) is 24.0 Å². The first kappa shape index (κ1) is 28.1. The molecule has 2 heterocycles. The zero-order valence-electron chi connectivity index (χ0n) is 20.9. The number of ether oxygens (including phenoxy) is 2. The van der Waals surface area contributed by atoms with Gasteiger partial charge in [-0.3, -0.25) is 0 Å². The second-order valence-electron chi connectivity index (χ2n) is 9.44. The summed E-state index contributed by atoms with van der Waals surface area (Å²) < 4.78 is 11.7. The first-order valence-electron chi connectivity index (χ1n) is 12.3. The van der Waals surface area contributed by atoms with Crippen LogP contribution >= 0.6 is 24.0 Å². The molecule has 2 N–H and O–H groups in total. The molecule has 0 spiro atoms. The van der Waals surface area contributed by atoms with Crippen LogP contribution in [0.4, 0.5) is 0 Å². The highest BCUT2D eigenvalue weighted by Crippen LogP contribution is 2.23. The number of guanidine groups is 1. The number of hydrogen-bond donors (Lipinski definition) is 2. The van der Waals surface area contributed by atoms with Crippen molar-refractivity contribution in [1.29, 1.82) is 0 Å². The fraction of sp³-hybridized carbons (Fsp3) is 0.720. The molecule has 2 atom stereocenters. The molecule has 3 rings (SSSR count). The normalized spacial score (nSPS) is 20.8. The van der Waals surface area contributed by atoms with Gasteiger partial charge in [-0.05, 0) is 44.9 Å². The van der Waals surface area contributed by atoms with Crippen LogP contribution in [-0.4, -0.2) is 88.4 Å². The molecule has 2 saturated heterocycles. The molecule has 0 amide bonds. The van der Waals surface area contributed by atoms with E-state index in [1.165, 1.54) is 18.7 Å². The predicted molar refractivity (Wildman–Crippen MR) is 147 cm³/mol. The molecule has 1 aromatic carbocycles. The van der Waals surface area contributed by atoms with E-state index in [0.29, 0.717) is 25.0 Å². The Balaban J connectivity index is 0.00000385. The zero-order valence-corrected chi connectivity index (χ0v) is 23.3. The zero-order chi connectivity index (χ0) is 22.8. The summed E-state index contributed by atoms with van der Waals surface area (Å²) in [5.74, 6) is 2.87. The van der Waals surface area contributed by atoms with Gasteiger partial charge in [0.05, 0.1) is 19.8 Å². The SMILES string of the molecule is CCNC(=NCc1ccc(C)cc1OCC1CCOC1)NCC(C)CN1CCN(C)CC1.I. The van der Waals surface area contributed by atoms with Crippen LogP contribution in [0.2, 0.25) is 0 Å². The number of aryl methyl sites for hydroxylation is 1. The Hall–Kier alpha value is -1.10. The number of piperazine rings is 1. The topological polar surface area (TPSA) is 61.4 Å². The van der Waals surface area contributed by atoms with Crippen molar-refractivity contribution in [3.8, 4) is 5.75 Å². The maximum Gasteiger partial charge on any atom is 0.191 e. The molecule has 1 aromatic rings. The summed E-state index contributed by atoms with van der Waals surface area (Å²) in [6.45, 7) is 17.0. The first-order chi connectivity index (χ1) is 15.5. The van der Waals surface area contributed by atoms with E-state index in [2.05, 4.69) is 66.5 Å². The predicted octanol–water partition coefficient (Wildman–Crippen LogP) is 2.97. The van der Waals surface area contributed by atoms with Crippen LogP contribution in [0.25, 0.3) is 0 Å². The minimum Gasteiger partial charge on any atom is -0.493 e.